The maximum atomic E-state index is 12.3. The van der Waals surface area contributed by atoms with Crippen LogP contribution in [0.1, 0.15) is 60.8 Å². The maximum Gasteiger partial charge on any atom is 0.335 e. The molecular formula is C24H27N3O3S. The summed E-state index contributed by atoms with van der Waals surface area (Å²) in [7, 11) is 0. The fourth-order valence-corrected chi connectivity index (χ4v) is 4.59. The third-order valence-electron chi connectivity index (χ3n) is 6.24. The highest BCUT2D eigenvalue weighted by molar-refractivity contribution is 8.00. The lowest BCUT2D eigenvalue weighted by Crippen LogP contribution is -2.29. The van der Waals surface area contributed by atoms with Gasteiger partial charge >= 0.3 is 5.97 Å². The number of carbonyl (C=O) groups excluding carboxylic acids is 1. The van der Waals surface area contributed by atoms with Crippen LogP contribution in [-0.4, -0.2) is 27.7 Å². The van der Waals surface area contributed by atoms with Gasteiger partial charge in [-0.2, -0.15) is 5.26 Å². The first kappa shape index (κ1) is 22.8. The highest BCUT2D eigenvalue weighted by Gasteiger charge is 2.32. The summed E-state index contributed by atoms with van der Waals surface area (Å²) >= 11 is 1.25. The van der Waals surface area contributed by atoms with Gasteiger partial charge in [-0.3, -0.25) is 4.79 Å². The molecule has 1 amide bonds. The Morgan fingerprint density at radius 2 is 2.03 bits per heavy atom. The second-order valence-electron chi connectivity index (χ2n) is 8.56. The van der Waals surface area contributed by atoms with E-state index < -0.39 is 5.97 Å². The van der Waals surface area contributed by atoms with Crippen LogP contribution in [0.25, 0.3) is 0 Å². The minimum absolute atomic E-state index is 0.118. The molecule has 0 radical (unpaired) electrons. The molecule has 0 aliphatic heterocycles. The zero-order valence-corrected chi connectivity index (χ0v) is 18.9. The Morgan fingerprint density at radius 3 is 2.65 bits per heavy atom. The van der Waals surface area contributed by atoms with Gasteiger partial charge < -0.3 is 10.4 Å². The number of nitrogens with zero attached hydrogens (tertiary/aromatic N) is 2. The lowest BCUT2D eigenvalue weighted by molar-refractivity contribution is -0.113. The number of nitrogens with one attached hydrogen (secondary N) is 1. The number of carbonyl (C=O) groups is 2. The van der Waals surface area contributed by atoms with E-state index in [4.69, 9.17) is 10.1 Å². The number of carboxylic acid groups (broad SMARTS) is 1. The molecule has 1 heterocycles. The zero-order valence-electron chi connectivity index (χ0n) is 18.1. The first-order valence-electron chi connectivity index (χ1n) is 10.4. The number of fused-ring (bicyclic) bond motifs is 1. The van der Waals surface area contributed by atoms with Gasteiger partial charge in [0.25, 0.3) is 0 Å². The van der Waals surface area contributed by atoms with E-state index in [0.29, 0.717) is 22.2 Å². The van der Waals surface area contributed by atoms with Gasteiger partial charge in [0.15, 0.2) is 0 Å². The predicted octanol–water partition coefficient (Wildman–Crippen LogP) is 4.92. The monoisotopic (exact) mass is 437 g/mol. The van der Waals surface area contributed by atoms with Gasteiger partial charge in [0.2, 0.25) is 5.91 Å². The van der Waals surface area contributed by atoms with Gasteiger partial charge in [-0.25, -0.2) is 9.78 Å². The molecule has 6 nitrogen and oxygen atoms in total. The van der Waals surface area contributed by atoms with Gasteiger partial charge in [0, 0.05) is 11.4 Å². The van der Waals surface area contributed by atoms with E-state index in [2.05, 4.69) is 32.2 Å². The van der Waals surface area contributed by atoms with Gasteiger partial charge in [-0.05, 0) is 66.5 Å². The second kappa shape index (κ2) is 9.52. The molecule has 1 aromatic heterocycles. The number of rotatable bonds is 7. The molecule has 0 saturated heterocycles. The van der Waals surface area contributed by atoms with E-state index in [-0.39, 0.29) is 22.6 Å². The Bertz CT molecular complexity index is 1030. The number of pyridine rings is 1. The summed E-state index contributed by atoms with van der Waals surface area (Å²) in [4.78, 5) is 28.0. The van der Waals surface area contributed by atoms with Crippen molar-refractivity contribution in [3.63, 3.8) is 0 Å². The van der Waals surface area contributed by atoms with Gasteiger partial charge in [0.1, 0.15) is 11.1 Å². The Balaban J connectivity index is 1.66. The van der Waals surface area contributed by atoms with Crippen LogP contribution in [0, 0.1) is 22.7 Å². The molecule has 0 spiro atoms. The lowest BCUT2D eigenvalue weighted by Gasteiger charge is -2.37. The highest BCUT2D eigenvalue weighted by Crippen LogP contribution is 2.40. The molecule has 162 valence electrons. The minimum Gasteiger partial charge on any atom is -0.478 e. The number of thioether (sulfide) groups is 1. The van der Waals surface area contributed by atoms with Crippen molar-refractivity contribution in [3.8, 4) is 6.07 Å². The average Bonchev–Trinajstić information content (AvgIpc) is 2.76. The molecule has 1 unspecified atom stereocenters. The lowest BCUT2D eigenvalue weighted by atomic mass is 9.69. The second-order valence-corrected chi connectivity index (χ2v) is 9.52. The van der Waals surface area contributed by atoms with E-state index in [1.807, 2.05) is 6.07 Å². The van der Waals surface area contributed by atoms with Crippen LogP contribution in [-0.2, 0) is 17.6 Å². The number of aryl methyl sites for hydroxylation is 1. The quantitative estimate of drug-likeness (QED) is 0.596. The van der Waals surface area contributed by atoms with E-state index in [1.165, 1.54) is 23.9 Å². The van der Waals surface area contributed by atoms with Crippen LogP contribution in [0.3, 0.4) is 0 Å². The summed E-state index contributed by atoms with van der Waals surface area (Å²) in [5.41, 5.74) is 3.65. The van der Waals surface area contributed by atoms with E-state index in [0.717, 1.165) is 36.9 Å². The van der Waals surface area contributed by atoms with Crippen molar-refractivity contribution in [1.82, 2.24) is 4.98 Å². The SMILES string of the molecule is CCC(C)(C)C1CCc2nc(SCC(=O)Nc3ccc(C(=O)O)cc3)c(C#N)cc2C1. The first-order valence-corrected chi connectivity index (χ1v) is 11.4. The number of hydrogen-bond donors (Lipinski definition) is 2. The van der Waals surface area contributed by atoms with E-state index in [9.17, 15) is 14.9 Å². The summed E-state index contributed by atoms with van der Waals surface area (Å²) < 4.78 is 0. The number of aromatic carboxylic acids is 1. The largest absolute Gasteiger partial charge is 0.478 e. The van der Waals surface area contributed by atoms with Crippen molar-refractivity contribution in [2.45, 2.75) is 51.5 Å². The average molecular weight is 438 g/mol. The molecular weight excluding hydrogens is 410 g/mol. The van der Waals surface area contributed by atoms with Crippen molar-refractivity contribution in [3.05, 3.63) is 52.7 Å². The Hall–Kier alpha value is -2.85. The Kier molecular flexibility index (Phi) is 7.01. The fraction of sp³-hybridized carbons (Fsp3) is 0.417. The number of benzene rings is 1. The van der Waals surface area contributed by atoms with Crippen molar-refractivity contribution in [2.75, 3.05) is 11.1 Å². The first-order chi connectivity index (χ1) is 14.7. The van der Waals surface area contributed by atoms with E-state index >= 15 is 0 Å². The molecule has 0 bridgehead atoms. The number of carboxylic acids is 1. The van der Waals surface area contributed by atoms with Gasteiger partial charge in [-0.15, -0.1) is 0 Å². The van der Waals surface area contributed by atoms with Crippen molar-refractivity contribution < 1.29 is 14.7 Å². The number of anilines is 1. The predicted molar refractivity (Wildman–Crippen MR) is 121 cm³/mol. The van der Waals surface area contributed by atoms with E-state index in [1.54, 1.807) is 12.1 Å². The molecule has 2 N–H and O–H groups in total. The highest BCUT2D eigenvalue weighted by atomic mass is 32.2. The summed E-state index contributed by atoms with van der Waals surface area (Å²) in [6.07, 6.45) is 4.04. The summed E-state index contributed by atoms with van der Waals surface area (Å²) in [5.74, 6) is -0.552. The molecule has 3 rings (SSSR count). The Morgan fingerprint density at radius 1 is 1.32 bits per heavy atom. The number of aromatic nitrogens is 1. The zero-order chi connectivity index (χ0) is 22.6. The molecule has 1 aromatic carbocycles. The van der Waals surface area contributed by atoms with Crippen LogP contribution in [0.15, 0.2) is 35.4 Å². The molecule has 31 heavy (non-hydrogen) atoms. The summed E-state index contributed by atoms with van der Waals surface area (Å²) in [5, 5.41) is 21.9. The fourth-order valence-electron chi connectivity index (χ4n) is 3.82. The van der Waals surface area contributed by atoms with Gasteiger partial charge in [0.05, 0.1) is 16.9 Å². The molecule has 7 heteroatoms. The van der Waals surface area contributed by atoms with Crippen LogP contribution in [0.5, 0.6) is 0 Å². The van der Waals surface area contributed by atoms with Gasteiger partial charge in [-0.1, -0.05) is 39.0 Å². The van der Waals surface area contributed by atoms with Crippen molar-refractivity contribution in [2.24, 2.45) is 11.3 Å². The molecule has 1 atom stereocenters. The standard InChI is InChI=1S/C24H27N3O3S/c1-4-24(2,3)18-7-10-20-16(12-18)11-17(13-25)22(27-20)31-14-21(28)26-19-8-5-15(6-9-19)23(29)30/h5-6,8-9,11,18H,4,7,10,12,14H2,1-3H3,(H,26,28)(H,29,30). The number of hydrogen-bond acceptors (Lipinski definition) is 5. The van der Waals surface area contributed by atoms with Crippen LogP contribution < -0.4 is 5.32 Å². The molecule has 0 saturated carbocycles. The van der Waals surface area contributed by atoms with Crippen molar-refractivity contribution >= 4 is 29.3 Å². The van der Waals surface area contributed by atoms with Crippen molar-refractivity contribution in [1.29, 1.82) is 5.26 Å². The smallest absolute Gasteiger partial charge is 0.335 e. The molecule has 1 aliphatic rings. The van der Waals surface area contributed by atoms with Crippen LogP contribution in [0.4, 0.5) is 5.69 Å². The molecule has 1 aliphatic carbocycles. The third kappa shape index (κ3) is 5.45. The third-order valence-corrected chi connectivity index (χ3v) is 7.24. The maximum absolute atomic E-state index is 12.3. The van der Waals surface area contributed by atoms with Crippen LogP contribution >= 0.6 is 11.8 Å². The topological polar surface area (TPSA) is 103 Å². The summed E-state index contributed by atoms with van der Waals surface area (Å²) in [6, 6.07) is 10.2. The molecule has 2 aromatic rings. The number of nitriles is 1. The summed E-state index contributed by atoms with van der Waals surface area (Å²) in [6.45, 7) is 6.83. The Labute approximate surface area is 187 Å². The number of amides is 1. The molecule has 0 fully saturated rings. The van der Waals surface area contributed by atoms with Crippen LogP contribution in [0.2, 0.25) is 0 Å². The normalized spacial score (nSPS) is 15.6. The minimum atomic E-state index is -1.01.